The first-order valence-electron chi connectivity index (χ1n) is 6.50. The predicted molar refractivity (Wildman–Crippen MR) is 75.3 cm³/mol. The first-order valence-corrected chi connectivity index (χ1v) is 6.50. The third kappa shape index (κ3) is 3.68. The fraction of sp³-hybridized carbons (Fsp3) is 0.500. The Hall–Kier alpha value is -1.59. The molecule has 1 aliphatic heterocycles. The lowest BCUT2D eigenvalue weighted by Crippen LogP contribution is -2.46. The van der Waals surface area contributed by atoms with Crippen LogP contribution in [-0.4, -0.2) is 48.3 Å². The number of rotatable bonds is 3. The zero-order valence-corrected chi connectivity index (χ0v) is 11.4. The van der Waals surface area contributed by atoms with Crippen molar-refractivity contribution in [3.05, 3.63) is 29.8 Å². The largest absolute Gasteiger partial charge is 0.387 e. The highest BCUT2D eigenvalue weighted by Gasteiger charge is 2.33. The fourth-order valence-electron chi connectivity index (χ4n) is 2.32. The number of nitrogens with zero attached hydrogens (tertiary/aromatic N) is 1. The van der Waals surface area contributed by atoms with Crippen LogP contribution >= 0.6 is 0 Å². The molecule has 1 heterocycles. The predicted octanol–water partition coefficient (Wildman–Crippen LogP) is 1.18. The van der Waals surface area contributed by atoms with Crippen molar-refractivity contribution in [2.45, 2.75) is 18.9 Å². The minimum atomic E-state index is -0.807. The average Bonchev–Trinajstić information content (AvgIpc) is 2.75. The van der Waals surface area contributed by atoms with E-state index in [4.69, 9.17) is 0 Å². The number of anilines is 1. The number of amides is 2. The number of nitrogens with one attached hydrogen (secondary N) is 2. The van der Waals surface area contributed by atoms with Gasteiger partial charge in [0.05, 0.1) is 12.1 Å². The maximum absolute atomic E-state index is 12.0. The second-order valence-corrected chi connectivity index (χ2v) is 5.31. The molecule has 19 heavy (non-hydrogen) atoms. The van der Waals surface area contributed by atoms with Gasteiger partial charge in [0.2, 0.25) is 0 Å². The first kappa shape index (κ1) is 13.8. The van der Waals surface area contributed by atoms with E-state index in [-0.39, 0.29) is 6.03 Å². The molecule has 1 unspecified atom stereocenters. The summed E-state index contributed by atoms with van der Waals surface area (Å²) >= 11 is 0. The molecule has 1 aliphatic rings. The Morgan fingerprint density at radius 1 is 1.58 bits per heavy atom. The van der Waals surface area contributed by atoms with Crippen LogP contribution in [0.25, 0.3) is 0 Å². The number of likely N-dealkylation sites (N-methyl/N-ethyl adjacent to an activating group) is 1. The van der Waals surface area contributed by atoms with Crippen LogP contribution in [-0.2, 0) is 0 Å². The number of benzene rings is 1. The van der Waals surface area contributed by atoms with Gasteiger partial charge in [0, 0.05) is 19.3 Å². The summed E-state index contributed by atoms with van der Waals surface area (Å²) in [5, 5.41) is 16.2. The number of carbonyl (C=O) groups is 1. The lowest BCUT2D eigenvalue weighted by atomic mass is 10.0. The van der Waals surface area contributed by atoms with Crippen LogP contribution in [0.2, 0.25) is 0 Å². The van der Waals surface area contributed by atoms with Gasteiger partial charge in [-0.05, 0) is 37.6 Å². The summed E-state index contributed by atoms with van der Waals surface area (Å²) in [5.74, 6) is 0. The van der Waals surface area contributed by atoms with Gasteiger partial charge in [0.1, 0.15) is 0 Å². The van der Waals surface area contributed by atoms with Crippen LogP contribution < -0.4 is 10.6 Å². The van der Waals surface area contributed by atoms with Gasteiger partial charge in [0.25, 0.3) is 0 Å². The van der Waals surface area contributed by atoms with E-state index >= 15 is 0 Å². The number of hydrogen-bond donors (Lipinski definition) is 3. The number of β-amino-alcohol motifs (C(OH)–C–C–N with tert-alkyl or cyclic N) is 1. The SMILES string of the molecule is Cc1cccc(NC(=O)N(C)CC2(O)CCNC2)c1. The van der Waals surface area contributed by atoms with E-state index in [0.717, 1.165) is 17.8 Å². The summed E-state index contributed by atoms with van der Waals surface area (Å²) in [6.07, 6.45) is 0.676. The number of carbonyl (C=O) groups excluding carboxylic acids is 1. The molecule has 5 heteroatoms. The quantitative estimate of drug-likeness (QED) is 0.767. The van der Waals surface area contributed by atoms with Crippen molar-refractivity contribution in [3.63, 3.8) is 0 Å². The molecule has 3 N–H and O–H groups in total. The molecule has 1 aromatic rings. The lowest BCUT2D eigenvalue weighted by Gasteiger charge is -2.28. The van der Waals surface area contributed by atoms with E-state index < -0.39 is 5.60 Å². The molecular weight excluding hydrogens is 242 g/mol. The van der Waals surface area contributed by atoms with E-state index in [1.54, 1.807) is 7.05 Å². The Morgan fingerprint density at radius 2 is 2.37 bits per heavy atom. The molecular formula is C14H21N3O2. The maximum atomic E-state index is 12.0. The molecule has 1 fully saturated rings. The van der Waals surface area contributed by atoms with E-state index in [1.165, 1.54) is 4.90 Å². The molecule has 104 valence electrons. The highest BCUT2D eigenvalue weighted by molar-refractivity contribution is 5.89. The Labute approximate surface area is 113 Å². The molecule has 0 aliphatic carbocycles. The number of urea groups is 1. The molecule has 1 atom stereocenters. The Kier molecular flexibility index (Phi) is 4.07. The number of hydrogen-bond acceptors (Lipinski definition) is 3. The van der Waals surface area contributed by atoms with Crippen LogP contribution in [0.15, 0.2) is 24.3 Å². The van der Waals surface area contributed by atoms with Crippen LogP contribution in [0.5, 0.6) is 0 Å². The highest BCUT2D eigenvalue weighted by Crippen LogP contribution is 2.16. The molecule has 2 rings (SSSR count). The topological polar surface area (TPSA) is 64.6 Å². The van der Waals surface area contributed by atoms with E-state index in [0.29, 0.717) is 19.5 Å². The monoisotopic (exact) mass is 263 g/mol. The number of aliphatic hydroxyl groups is 1. The molecule has 0 saturated carbocycles. The summed E-state index contributed by atoms with van der Waals surface area (Å²) in [6.45, 7) is 3.64. The van der Waals surface area contributed by atoms with Crippen LogP contribution in [0.3, 0.4) is 0 Å². The van der Waals surface area contributed by atoms with Crippen molar-refractivity contribution in [1.82, 2.24) is 10.2 Å². The minimum Gasteiger partial charge on any atom is -0.387 e. The summed E-state index contributed by atoms with van der Waals surface area (Å²) in [5.41, 5.74) is 1.06. The Balaban J connectivity index is 1.92. The van der Waals surface area contributed by atoms with E-state index in [9.17, 15) is 9.90 Å². The Morgan fingerprint density at radius 3 is 3.00 bits per heavy atom. The molecule has 1 saturated heterocycles. The normalized spacial score (nSPS) is 22.3. The van der Waals surface area contributed by atoms with E-state index in [2.05, 4.69) is 10.6 Å². The molecule has 5 nitrogen and oxygen atoms in total. The van der Waals surface area contributed by atoms with Gasteiger partial charge in [-0.25, -0.2) is 4.79 Å². The average molecular weight is 263 g/mol. The Bertz CT molecular complexity index is 456. The first-order chi connectivity index (χ1) is 8.98. The highest BCUT2D eigenvalue weighted by atomic mass is 16.3. The lowest BCUT2D eigenvalue weighted by molar-refractivity contribution is 0.0384. The van der Waals surface area contributed by atoms with Gasteiger partial charge in [-0.2, -0.15) is 0 Å². The van der Waals surface area contributed by atoms with Gasteiger partial charge < -0.3 is 20.6 Å². The van der Waals surface area contributed by atoms with Gasteiger partial charge in [-0.1, -0.05) is 12.1 Å². The van der Waals surface area contributed by atoms with Crippen molar-refractivity contribution in [1.29, 1.82) is 0 Å². The summed E-state index contributed by atoms with van der Waals surface area (Å²) in [4.78, 5) is 13.6. The molecule has 2 amide bonds. The summed E-state index contributed by atoms with van der Waals surface area (Å²) in [6, 6.07) is 7.44. The standard InChI is InChI=1S/C14H21N3O2/c1-11-4-3-5-12(8-11)16-13(18)17(2)10-14(19)6-7-15-9-14/h3-5,8,15,19H,6-7,9-10H2,1-2H3,(H,16,18). The van der Waals surface area contributed by atoms with Crippen molar-refractivity contribution >= 4 is 11.7 Å². The maximum Gasteiger partial charge on any atom is 0.321 e. The second-order valence-electron chi connectivity index (χ2n) is 5.31. The van der Waals surface area contributed by atoms with Crippen molar-refractivity contribution in [3.8, 4) is 0 Å². The molecule has 0 spiro atoms. The number of aryl methyl sites for hydroxylation is 1. The van der Waals surface area contributed by atoms with E-state index in [1.807, 2.05) is 31.2 Å². The van der Waals surface area contributed by atoms with Crippen LogP contribution in [0.4, 0.5) is 10.5 Å². The third-order valence-corrected chi connectivity index (χ3v) is 3.37. The second kappa shape index (κ2) is 5.59. The molecule has 0 aromatic heterocycles. The zero-order valence-electron chi connectivity index (χ0n) is 11.4. The summed E-state index contributed by atoms with van der Waals surface area (Å²) < 4.78 is 0. The van der Waals surface area contributed by atoms with Crippen molar-refractivity contribution in [2.75, 3.05) is 32.0 Å². The zero-order chi connectivity index (χ0) is 13.9. The summed E-state index contributed by atoms with van der Waals surface area (Å²) in [7, 11) is 1.70. The molecule has 0 bridgehead atoms. The fourth-order valence-corrected chi connectivity index (χ4v) is 2.32. The van der Waals surface area contributed by atoms with Crippen LogP contribution in [0.1, 0.15) is 12.0 Å². The smallest absolute Gasteiger partial charge is 0.321 e. The molecule has 0 radical (unpaired) electrons. The van der Waals surface area contributed by atoms with Gasteiger partial charge in [-0.15, -0.1) is 0 Å². The van der Waals surface area contributed by atoms with Crippen molar-refractivity contribution in [2.24, 2.45) is 0 Å². The molecule has 1 aromatic carbocycles. The van der Waals surface area contributed by atoms with Crippen LogP contribution in [0, 0.1) is 6.92 Å². The van der Waals surface area contributed by atoms with Crippen molar-refractivity contribution < 1.29 is 9.90 Å². The third-order valence-electron chi connectivity index (χ3n) is 3.37. The van der Waals surface area contributed by atoms with Gasteiger partial charge >= 0.3 is 6.03 Å². The van der Waals surface area contributed by atoms with Gasteiger partial charge in [0.15, 0.2) is 0 Å². The van der Waals surface area contributed by atoms with Gasteiger partial charge in [-0.3, -0.25) is 0 Å². The minimum absolute atomic E-state index is 0.203.